The molecule has 5 rings (SSSR count). The molecule has 4 heterocycles. The summed E-state index contributed by atoms with van der Waals surface area (Å²) in [5.41, 5.74) is 4.86. The van der Waals surface area contributed by atoms with Crippen LogP contribution in [0.15, 0.2) is 42.6 Å². The third-order valence-corrected chi connectivity index (χ3v) is 7.39. The van der Waals surface area contributed by atoms with Crippen molar-refractivity contribution >= 4 is 11.8 Å². The highest BCUT2D eigenvalue weighted by atomic mass is 15.3. The first-order valence-electron chi connectivity index (χ1n) is 12.8. The van der Waals surface area contributed by atoms with E-state index in [2.05, 4.69) is 74.5 Å². The van der Waals surface area contributed by atoms with E-state index in [4.69, 9.17) is 4.98 Å². The van der Waals surface area contributed by atoms with Crippen molar-refractivity contribution in [1.29, 1.82) is 0 Å². The van der Waals surface area contributed by atoms with Crippen molar-refractivity contribution in [3.63, 3.8) is 0 Å². The van der Waals surface area contributed by atoms with E-state index in [9.17, 15) is 0 Å². The van der Waals surface area contributed by atoms with E-state index in [1.54, 1.807) is 0 Å². The van der Waals surface area contributed by atoms with Crippen molar-refractivity contribution in [2.75, 3.05) is 36.4 Å². The zero-order chi connectivity index (χ0) is 23.3. The lowest BCUT2D eigenvalue weighted by Gasteiger charge is -2.34. The number of benzene rings is 1. The highest BCUT2D eigenvalue weighted by Gasteiger charge is 2.35. The van der Waals surface area contributed by atoms with E-state index in [0.717, 1.165) is 55.8 Å². The maximum absolute atomic E-state index is 4.88. The summed E-state index contributed by atoms with van der Waals surface area (Å²) in [6.45, 7) is 8.34. The van der Waals surface area contributed by atoms with Crippen LogP contribution in [-0.4, -0.2) is 57.3 Å². The van der Waals surface area contributed by atoms with Crippen LogP contribution in [0.25, 0.3) is 0 Å². The quantitative estimate of drug-likeness (QED) is 0.526. The number of anilines is 2. The first kappa shape index (κ1) is 22.8. The molecule has 2 saturated heterocycles. The first-order chi connectivity index (χ1) is 16.7. The maximum atomic E-state index is 4.88. The molecule has 7 nitrogen and oxygen atoms in total. The van der Waals surface area contributed by atoms with Gasteiger partial charge in [0.15, 0.2) is 0 Å². The van der Waals surface area contributed by atoms with Crippen LogP contribution in [0, 0.1) is 13.8 Å². The molecule has 0 amide bonds. The van der Waals surface area contributed by atoms with Gasteiger partial charge >= 0.3 is 0 Å². The average Bonchev–Trinajstić information content (AvgIpc) is 3.34. The Balaban J connectivity index is 1.34. The number of aryl methyl sites for hydroxylation is 2. The van der Waals surface area contributed by atoms with Crippen molar-refractivity contribution in [3.8, 4) is 0 Å². The standard InChI is InChI=1S/C27H37N7/c1-20-25(21(2)32-31-20)26(22-11-6-5-7-12-22)34-18-10-13-23(34)19-29-27-28-15-14-24(30-27)33-16-8-3-4-9-17-33/h5-7,11-12,14-15,23,26H,3-4,8-10,13,16-19H2,1-2H3,(H,31,32)(H,28,29,30). The van der Waals surface area contributed by atoms with E-state index >= 15 is 0 Å². The van der Waals surface area contributed by atoms with Crippen molar-refractivity contribution < 1.29 is 0 Å². The third kappa shape index (κ3) is 4.94. The highest BCUT2D eigenvalue weighted by molar-refractivity contribution is 5.43. The first-order valence-corrected chi connectivity index (χ1v) is 12.8. The fourth-order valence-electron chi connectivity index (χ4n) is 5.66. The summed E-state index contributed by atoms with van der Waals surface area (Å²) in [6.07, 6.45) is 9.39. The van der Waals surface area contributed by atoms with Gasteiger partial charge in [0.05, 0.1) is 11.7 Å². The van der Waals surface area contributed by atoms with Crippen LogP contribution < -0.4 is 10.2 Å². The predicted octanol–water partition coefficient (Wildman–Crippen LogP) is 4.86. The Kier molecular flexibility index (Phi) is 7.09. The SMILES string of the molecule is Cc1n[nH]c(C)c1C(c1ccccc1)N1CCCC1CNc1nccc(N2CCCCCC2)n1. The van der Waals surface area contributed by atoms with Crippen LogP contribution in [0.1, 0.15) is 67.1 Å². The Bertz CT molecular complexity index is 1040. The van der Waals surface area contributed by atoms with Gasteiger partial charge < -0.3 is 10.2 Å². The smallest absolute Gasteiger partial charge is 0.224 e. The second-order valence-corrected chi connectivity index (χ2v) is 9.72. The molecule has 7 heteroatoms. The summed E-state index contributed by atoms with van der Waals surface area (Å²) in [7, 11) is 0. The largest absolute Gasteiger partial charge is 0.356 e. The van der Waals surface area contributed by atoms with Crippen molar-refractivity contribution in [1.82, 2.24) is 25.1 Å². The Morgan fingerprint density at radius 3 is 2.53 bits per heavy atom. The van der Waals surface area contributed by atoms with Crippen LogP contribution >= 0.6 is 0 Å². The molecule has 2 fully saturated rings. The molecular formula is C27H37N7. The minimum atomic E-state index is 0.193. The Morgan fingerprint density at radius 1 is 1.00 bits per heavy atom. The van der Waals surface area contributed by atoms with Gasteiger partial charge in [-0.25, -0.2) is 4.98 Å². The fraction of sp³-hybridized carbons (Fsp3) is 0.519. The van der Waals surface area contributed by atoms with Gasteiger partial charge in [0, 0.05) is 43.1 Å². The van der Waals surface area contributed by atoms with Crippen molar-refractivity contribution in [3.05, 3.63) is 65.1 Å². The molecule has 0 aliphatic carbocycles. The average molecular weight is 460 g/mol. The molecular weight excluding hydrogens is 422 g/mol. The highest BCUT2D eigenvalue weighted by Crippen LogP contribution is 2.37. The monoisotopic (exact) mass is 459 g/mol. The van der Waals surface area contributed by atoms with Gasteiger partial charge in [-0.1, -0.05) is 43.2 Å². The molecule has 1 aromatic carbocycles. The lowest BCUT2D eigenvalue weighted by molar-refractivity contribution is 0.213. The number of rotatable bonds is 7. The number of nitrogens with zero attached hydrogens (tertiary/aromatic N) is 5. The number of H-pyrrole nitrogens is 1. The van der Waals surface area contributed by atoms with E-state index in [0.29, 0.717) is 6.04 Å². The van der Waals surface area contributed by atoms with Crippen molar-refractivity contribution in [2.24, 2.45) is 0 Å². The van der Waals surface area contributed by atoms with Crippen LogP contribution in [0.4, 0.5) is 11.8 Å². The van der Waals surface area contributed by atoms with E-state index < -0.39 is 0 Å². The number of hydrogen-bond donors (Lipinski definition) is 2. The summed E-state index contributed by atoms with van der Waals surface area (Å²) >= 11 is 0. The Labute approximate surface area is 203 Å². The molecule has 0 saturated carbocycles. The molecule has 2 aliphatic rings. The van der Waals surface area contributed by atoms with Gasteiger partial charge in [0.25, 0.3) is 0 Å². The molecule has 0 spiro atoms. The van der Waals surface area contributed by atoms with E-state index in [1.807, 2.05) is 12.3 Å². The Morgan fingerprint density at radius 2 is 1.79 bits per heavy atom. The van der Waals surface area contributed by atoms with Crippen LogP contribution in [-0.2, 0) is 0 Å². The molecule has 0 bridgehead atoms. The summed E-state index contributed by atoms with van der Waals surface area (Å²) < 4.78 is 0. The molecule has 2 N–H and O–H groups in total. The maximum Gasteiger partial charge on any atom is 0.224 e. The van der Waals surface area contributed by atoms with Crippen LogP contribution in [0.2, 0.25) is 0 Å². The lowest BCUT2D eigenvalue weighted by Crippen LogP contribution is -2.39. The molecule has 2 aromatic heterocycles. The second kappa shape index (κ2) is 10.6. The number of aromatic nitrogens is 4. The molecule has 2 atom stereocenters. The number of nitrogens with one attached hydrogen (secondary N) is 2. The molecule has 2 aliphatic heterocycles. The van der Waals surface area contributed by atoms with Gasteiger partial charge in [-0.15, -0.1) is 0 Å². The summed E-state index contributed by atoms with van der Waals surface area (Å²) in [5.74, 6) is 1.79. The van der Waals surface area contributed by atoms with E-state index in [-0.39, 0.29) is 6.04 Å². The normalized spacial score (nSPS) is 20.3. The molecule has 2 unspecified atom stereocenters. The van der Waals surface area contributed by atoms with Crippen LogP contribution in [0.3, 0.4) is 0 Å². The fourth-order valence-corrected chi connectivity index (χ4v) is 5.66. The van der Waals surface area contributed by atoms with Gasteiger partial charge in [-0.05, 0) is 57.7 Å². The summed E-state index contributed by atoms with van der Waals surface area (Å²) in [6, 6.07) is 13.5. The zero-order valence-electron chi connectivity index (χ0n) is 20.5. The predicted molar refractivity (Wildman–Crippen MR) is 137 cm³/mol. The third-order valence-electron chi connectivity index (χ3n) is 7.39. The van der Waals surface area contributed by atoms with Gasteiger partial charge in [-0.3, -0.25) is 10.00 Å². The van der Waals surface area contributed by atoms with Gasteiger partial charge in [0.1, 0.15) is 5.82 Å². The van der Waals surface area contributed by atoms with Crippen LogP contribution in [0.5, 0.6) is 0 Å². The number of aromatic amines is 1. The molecule has 3 aromatic rings. The molecule has 180 valence electrons. The molecule has 0 radical (unpaired) electrons. The summed E-state index contributed by atoms with van der Waals surface area (Å²) in [5, 5.41) is 11.3. The van der Waals surface area contributed by atoms with Gasteiger partial charge in [0.2, 0.25) is 5.95 Å². The van der Waals surface area contributed by atoms with Crippen molar-refractivity contribution in [2.45, 2.75) is 64.5 Å². The number of likely N-dealkylation sites (tertiary alicyclic amines) is 1. The topological polar surface area (TPSA) is 73.0 Å². The number of hydrogen-bond acceptors (Lipinski definition) is 6. The minimum absolute atomic E-state index is 0.193. The van der Waals surface area contributed by atoms with Gasteiger partial charge in [-0.2, -0.15) is 10.1 Å². The Hall–Kier alpha value is -2.93. The van der Waals surface area contributed by atoms with E-state index in [1.165, 1.54) is 43.2 Å². The second-order valence-electron chi connectivity index (χ2n) is 9.72. The summed E-state index contributed by atoms with van der Waals surface area (Å²) in [4.78, 5) is 14.5. The minimum Gasteiger partial charge on any atom is -0.356 e. The zero-order valence-corrected chi connectivity index (χ0v) is 20.5. The lowest BCUT2D eigenvalue weighted by atomic mass is 9.94. The molecule has 34 heavy (non-hydrogen) atoms.